The fourth-order valence-corrected chi connectivity index (χ4v) is 1.78. The third-order valence-electron chi connectivity index (χ3n) is 2.05. The molecule has 0 radical (unpaired) electrons. The maximum atomic E-state index is 12.8. The first-order valence-electron chi connectivity index (χ1n) is 4.43. The van der Waals surface area contributed by atoms with Crippen molar-refractivity contribution in [3.05, 3.63) is 27.5 Å². The van der Waals surface area contributed by atoms with Crippen molar-refractivity contribution in [2.24, 2.45) is 0 Å². The minimum absolute atomic E-state index is 0.0606. The summed E-state index contributed by atoms with van der Waals surface area (Å²) in [7, 11) is 1.14. The van der Waals surface area contributed by atoms with Gasteiger partial charge in [0.15, 0.2) is 0 Å². The van der Waals surface area contributed by atoms with E-state index in [1.54, 1.807) is 6.07 Å². The van der Waals surface area contributed by atoms with Crippen molar-refractivity contribution < 1.29 is 18.3 Å². The van der Waals surface area contributed by atoms with E-state index in [0.29, 0.717) is 0 Å². The molecule has 0 bridgehead atoms. The van der Waals surface area contributed by atoms with Gasteiger partial charge in [-0.3, -0.25) is 4.79 Å². The Bertz CT molecular complexity index is 486. The van der Waals surface area contributed by atoms with Gasteiger partial charge in [0.1, 0.15) is 11.8 Å². The number of ether oxygens (including phenoxy) is 1. The number of nitriles is 1. The van der Waals surface area contributed by atoms with Gasteiger partial charge in [-0.1, -0.05) is 0 Å². The highest BCUT2D eigenvalue weighted by molar-refractivity contribution is 9.10. The van der Waals surface area contributed by atoms with Crippen LogP contribution in [0.5, 0.6) is 0 Å². The average molecular weight is 305 g/mol. The summed E-state index contributed by atoms with van der Waals surface area (Å²) in [5.74, 6) is -0.705. The van der Waals surface area contributed by atoms with Crippen molar-refractivity contribution >= 4 is 21.9 Å². The molecule has 0 aliphatic carbocycles. The van der Waals surface area contributed by atoms with E-state index in [-0.39, 0.29) is 15.7 Å². The molecule has 0 aliphatic heterocycles. The van der Waals surface area contributed by atoms with Crippen LogP contribution in [-0.2, 0) is 16.0 Å². The fraction of sp³-hybridized carbons (Fsp3) is 0.300. The number of carbonyl (C=O) groups is 1. The van der Waals surface area contributed by atoms with Gasteiger partial charge in [0.25, 0.3) is 6.43 Å². The third kappa shape index (κ3) is 2.97. The zero-order valence-corrected chi connectivity index (χ0v) is 10.3. The molecule has 0 fully saturated rings. The first kappa shape index (κ1) is 13.5. The van der Waals surface area contributed by atoms with Gasteiger partial charge in [-0.05, 0) is 15.9 Å². The van der Waals surface area contributed by atoms with Crippen LogP contribution in [-0.4, -0.2) is 18.1 Å². The molecule has 1 heterocycles. The Hall–Kier alpha value is -1.55. The second kappa shape index (κ2) is 5.68. The summed E-state index contributed by atoms with van der Waals surface area (Å²) in [6, 6.07) is 1.67. The summed E-state index contributed by atoms with van der Waals surface area (Å²) in [4.78, 5) is 14.8. The van der Waals surface area contributed by atoms with Crippen molar-refractivity contribution in [3.8, 4) is 6.07 Å². The summed E-state index contributed by atoms with van der Waals surface area (Å²) < 4.78 is 30.1. The number of hydrogen-bond acceptors (Lipinski definition) is 4. The van der Waals surface area contributed by atoms with Crippen LogP contribution >= 0.6 is 15.9 Å². The molecule has 0 aliphatic rings. The number of esters is 1. The molecule has 4 nitrogen and oxygen atoms in total. The maximum absolute atomic E-state index is 12.8. The third-order valence-corrected chi connectivity index (χ3v) is 2.68. The summed E-state index contributed by atoms with van der Waals surface area (Å²) in [5, 5.41) is 8.78. The van der Waals surface area contributed by atoms with Crippen molar-refractivity contribution in [3.63, 3.8) is 0 Å². The van der Waals surface area contributed by atoms with Gasteiger partial charge in [-0.15, -0.1) is 0 Å². The molecule has 1 aromatic heterocycles. The van der Waals surface area contributed by atoms with E-state index in [1.165, 1.54) is 0 Å². The number of pyridine rings is 1. The van der Waals surface area contributed by atoms with Crippen LogP contribution in [0.2, 0.25) is 0 Å². The minimum atomic E-state index is -2.81. The van der Waals surface area contributed by atoms with Crippen molar-refractivity contribution in [2.75, 3.05) is 7.11 Å². The van der Waals surface area contributed by atoms with Gasteiger partial charge in [0.05, 0.1) is 13.5 Å². The number of hydrogen-bond donors (Lipinski definition) is 0. The highest BCUT2D eigenvalue weighted by Gasteiger charge is 2.23. The van der Waals surface area contributed by atoms with Gasteiger partial charge >= 0.3 is 5.97 Å². The maximum Gasteiger partial charge on any atom is 0.310 e. The van der Waals surface area contributed by atoms with Gasteiger partial charge in [-0.25, -0.2) is 13.8 Å². The molecule has 0 spiro atoms. The molecule has 0 N–H and O–H groups in total. The molecule has 90 valence electrons. The molecule has 0 saturated heterocycles. The number of carbonyl (C=O) groups excluding carboxylic acids is 1. The standard InChI is InChI=1S/C10H7BrF2N2O2/c1-17-8(16)2-5-7(3-14)15-4-6(11)9(5)10(12)13/h4,10H,2H2,1H3. The zero-order valence-electron chi connectivity index (χ0n) is 8.71. The van der Waals surface area contributed by atoms with E-state index in [4.69, 9.17) is 5.26 Å². The smallest absolute Gasteiger partial charge is 0.310 e. The van der Waals surface area contributed by atoms with E-state index < -0.39 is 24.4 Å². The molecule has 1 aromatic rings. The van der Waals surface area contributed by atoms with E-state index >= 15 is 0 Å². The molecule has 17 heavy (non-hydrogen) atoms. The van der Waals surface area contributed by atoms with Gasteiger partial charge in [-0.2, -0.15) is 5.26 Å². The Morgan fingerprint density at radius 2 is 2.35 bits per heavy atom. The van der Waals surface area contributed by atoms with Crippen molar-refractivity contribution in [1.29, 1.82) is 5.26 Å². The van der Waals surface area contributed by atoms with Gasteiger partial charge < -0.3 is 4.74 Å². The van der Waals surface area contributed by atoms with Crippen LogP contribution in [0.15, 0.2) is 10.7 Å². The fourth-order valence-electron chi connectivity index (χ4n) is 1.27. The molecule has 7 heteroatoms. The molecule has 0 aromatic carbocycles. The number of halogens is 3. The number of rotatable bonds is 3. The van der Waals surface area contributed by atoms with E-state index in [9.17, 15) is 13.6 Å². The predicted octanol–water partition coefficient (Wildman–Crippen LogP) is 2.37. The van der Waals surface area contributed by atoms with Crippen molar-refractivity contribution in [1.82, 2.24) is 4.98 Å². The van der Waals surface area contributed by atoms with Crippen LogP contribution < -0.4 is 0 Å². The SMILES string of the molecule is COC(=O)Cc1c(C#N)ncc(Br)c1C(F)F. The van der Waals surface area contributed by atoms with E-state index in [2.05, 4.69) is 25.7 Å². The highest BCUT2D eigenvalue weighted by atomic mass is 79.9. The van der Waals surface area contributed by atoms with Gasteiger partial charge in [0, 0.05) is 21.8 Å². The topological polar surface area (TPSA) is 63.0 Å². The lowest BCUT2D eigenvalue weighted by Gasteiger charge is -2.10. The molecule has 1 rings (SSSR count). The number of aromatic nitrogens is 1. The van der Waals surface area contributed by atoms with Crippen LogP contribution in [0.4, 0.5) is 8.78 Å². The molecule has 0 saturated carbocycles. The molecular formula is C10H7BrF2N2O2. The monoisotopic (exact) mass is 304 g/mol. The lowest BCUT2D eigenvalue weighted by Crippen LogP contribution is -2.11. The quantitative estimate of drug-likeness (QED) is 0.804. The summed E-state index contributed by atoms with van der Waals surface area (Å²) in [6.45, 7) is 0. The number of alkyl halides is 2. The summed E-state index contributed by atoms with van der Waals surface area (Å²) in [6.07, 6.45) is -2.11. The van der Waals surface area contributed by atoms with Crippen LogP contribution in [0, 0.1) is 11.3 Å². The normalized spacial score (nSPS) is 10.1. The molecule has 0 atom stereocenters. The Morgan fingerprint density at radius 1 is 1.71 bits per heavy atom. The zero-order chi connectivity index (χ0) is 13.0. The Morgan fingerprint density at radius 3 is 2.82 bits per heavy atom. The van der Waals surface area contributed by atoms with Gasteiger partial charge in [0.2, 0.25) is 0 Å². The first-order valence-corrected chi connectivity index (χ1v) is 5.22. The van der Waals surface area contributed by atoms with Crippen LogP contribution in [0.25, 0.3) is 0 Å². The lowest BCUT2D eigenvalue weighted by molar-refractivity contribution is -0.139. The minimum Gasteiger partial charge on any atom is -0.469 e. The molecule has 0 unspecified atom stereocenters. The Labute approximate surface area is 104 Å². The summed E-state index contributed by atoms with van der Waals surface area (Å²) in [5.41, 5.74) is -0.709. The predicted molar refractivity (Wildman–Crippen MR) is 57.3 cm³/mol. The second-order valence-electron chi connectivity index (χ2n) is 3.01. The Balaban J connectivity index is 3.36. The first-order chi connectivity index (χ1) is 8.01. The number of nitrogens with zero attached hydrogens (tertiary/aromatic N) is 2. The largest absolute Gasteiger partial charge is 0.469 e. The average Bonchev–Trinajstić information content (AvgIpc) is 2.28. The molecular weight excluding hydrogens is 298 g/mol. The Kier molecular flexibility index (Phi) is 4.52. The van der Waals surface area contributed by atoms with Crippen molar-refractivity contribution in [2.45, 2.75) is 12.8 Å². The van der Waals surface area contributed by atoms with Crippen LogP contribution in [0.3, 0.4) is 0 Å². The number of methoxy groups -OCH3 is 1. The highest BCUT2D eigenvalue weighted by Crippen LogP contribution is 2.31. The summed E-state index contributed by atoms with van der Waals surface area (Å²) >= 11 is 2.92. The van der Waals surface area contributed by atoms with E-state index in [1.807, 2.05) is 0 Å². The molecule has 0 amide bonds. The van der Waals surface area contributed by atoms with E-state index in [0.717, 1.165) is 13.3 Å². The lowest BCUT2D eigenvalue weighted by atomic mass is 10.0. The second-order valence-corrected chi connectivity index (χ2v) is 3.87. The van der Waals surface area contributed by atoms with Crippen LogP contribution in [0.1, 0.15) is 23.2 Å².